The molecule has 8 atom stereocenters. The third-order valence-electron chi connectivity index (χ3n) is 9.09. The van der Waals surface area contributed by atoms with Gasteiger partial charge in [0.2, 0.25) is 17.7 Å². The smallest absolute Gasteiger partial charge is 0.246 e. The summed E-state index contributed by atoms with van der Waals surface area (Å²) in [6, 6.07) is 3.13. The number of benzene rings is 1. The largest absolute Gasteiger partial charge is 0.359 e. The minimum absolute atomic E-state index is 0.0358. The zero-order valence-electron chi connectivity index (χ0n) is 22.4. The Morgan fingerprint density at radius 1 is 1.24 bits per heavy atom. The highest BCUT2D eigenvalue weighted by molar-refractivity contribution is 6.31. The van der Waals surface area contributed by atoms with Crippen LogP contribution in [0.25, 0.3) is 0 Å². The van der Waals surface area contributed by atoms with Crippen molar-refractivity contribution < 1.29 is 23.5 Å². The van der Waals surface area contributed by atoms with E-state index in [-0.39, 0.29) is 22.9 Å². The van der Waals surface area contributed by atoms with Crippen LogP contribution in [0.2, 0.25) is 5.02 Å². The first-order valence-corrected chi connectivity index (χ1v) is 14.1. The van der Waals surface area contributed by atoms with Crippen LogP contribution >= 0.6 is 11.6 Å². The molecule has 3 aliphatic heterocycles. The lowest BCUT2D eigenvalue weighted by Crippen LogP contribution is -2.58. The molecule has 0 unspecified atom stereocenters. The molecule has 2 N–H and O–H groups in total. The fourth-order valence-corrected chi connectivity index (χ4v) is 6.93. The van der Waals surface area contributed by atoms with Crippen LogP contribution in [0.5, 0.6) is 0 Å². The van der Waals surface area contributed by atoms with Crippen molar-refractivity contribution in [3.8, 4) is 0 Å². The Bertz CT molecular complexity index is 1160. The van der Waals surface area contributed by atoms with E-state index in [1.807, 2.05) is 6.08 Å². The molecule has 2 saturated heterocycles. The second-order valence-corrected chi connectivity index (χ2v) is 12.3. The Morgan fingerprint density at radius 2 is 2.00 bits per heavy atom. The van der Waals surface area contributed by atoms with E-state index < -0.39 is 41.3 Å². The molecule has 38 heavy (non-hydrogen) atoms. The van der Waals surface area contributed by atoms with Crippen LogP contribution in [0, 0.1) is 35.4 Å². The summed E-state index contributed by atoms with van der Waals surface area (Å²) in [6.45, 7) is 8.95. The zero-order chi connectivity index (χ0) is 27.4. The van der Waals surface area contributed by atoms with E-state index in [0.29, 0.717) is 30.0 Å². The molecule has 5 rings (SSSR count). The highest BCUT2D eigenvalue weighted by Gasteiger charge is 2.72. The Labute approximate surface area is 228 Å². The molecule has 1 saturated carbocycles. The molecule has 0 radical (unpaired) electrons. The number of ether oxygens (including phenoxy) is 1. The third kappa shape index (κ3) is 4.53. The number of nitrogens with zero attached hydrogens (tertiary/aromatic N) is 1. The van der Waals surface area contributed by atoms with E-state index in [4.69, 9.17) is 16.3 Å². The number of amides is 3. The number of carbonyl (C=O) groups excluding carboxylic acids is 3. The van der Waals surface area contributed by atoms with Gasteiger partial charge in [-0.2, -0.15) is 0 Å². The van der Waals surface area contributed by atoms with Gasteiger partial charge in [0, 0.05) is 18.3 Å². The van der Waals surface area contributed by atoms with Crippen molar-refractivity contribution in [1.29, 1.82) is 0 Å². The van der Waals surface area contributed by atoms with Crippen molar-refractivity contribution in [2.45, 2.75) is 77.2 Å². The number of anilines is 1. The Balaban J connectivity index is 1.43. The molecule has 3 fully saturated rings. The minimum atomic E-state index is -1.20. The van der Waals surface area contributed by atoms with Crippen molar-refractivity contribution in [3.05, 3.63) is 41.2 Å². The van der Waals surface area contributed by atoms with Gasteiger partial charge in [-0.1, -0.05) is 64.3 Å². The number of carbonyl (C=O) groups is 3. The predicted octanol–water partition coefficient (Wildman–Crippen LogP) is 4.56. The quantitative estimate of drug-likeness (QED) is 0.492. The second-order valence-electron chi connectivity index (χ2n) is 11.9. The van der Waals surface area contributed by atoms with E-state index in [1.54, 1.807) is 11.0 Å². The number of rotatable bonds is 7. The topological polar surface area (TPSA) is 87.7 Å². The number of likely N-dealkylation sites (tertiary alicyclic amines) is 1. The second kappa shape index (κ2) is 10.3. The van der Waals surface area contributed by atoms with Gasteiger partial charge in [0.25, 0.3) is 0 Å². The molecule has 1 aromatic carbocycles. The molecule has 1 aromatic rings. The number of hydrogen-bond acceptors (Lipinski definition) is 4. The van der Waals surface area contributed by atoms with Crippen molar-refractivity contribution >= 4 is 35.0 Å². The number of hydrogen-bond donors (Lipinski definition) is 2. The fraction of sp³-hybridized carbons (Fsp3) is 0.621. The van der Waals surface area contributed by atoms with Crippen molar-refractivity contribution in [3.63, 3.8) is 0 Å². The van der Waals surface area contributed by atoms with E-state index in [0.717, 1.165) is 25.7 Å². The van der Waals surface area contributed by atoms with Crippen molar-refractivity contribution in [2.24, 2.45) is 29.6 Å². The summed E-state index contributed by atoms with van der Waals surface area (Å²) in [4.78, 5) is 43.0. The number of halogens is 2. The van der Waals surface area contributed by atoms with E-state index >= 15 is 0 Å². The first-order valence-electron chi connectivity index (χ1n) is 13.8. The fourth-order valence-electron chi connectivity index (χ4n) is 6.75. The average molecular weight is 546 g/mol. The van der Waals surface area contributed by atoms with Gasteiger partial charge in [-0.3, -0.25) is 14.4 Å². The van der Waals surface area contributed by atoms with E-state index in [1.165, 1.54) is 18.2 Å². The maximum Gasteiger partial charge on any atom is 0.246 e. The summed E-state index contributed by atoms with van der Waals surface area (Å²) < 4.78 is 20.0. The molecule has 1 aliphatic carbocycles. The zero-order valence-corrected chi connectivity index (χ0v) is 23.1. The van der Waals surface area contributed by atoms with Gasteiger partial charge >= 0.3 is 0 Å². The summed E-state index contributed by atoms with van der Waals surface area (Å²) in [6.07, 6.45) is 6.83. The third-order valence-corrected chi connectivity index (χ3v) is 9.38. The summed E-state index contributed by atoms with van der Waals surface area (Å²) in [5.41, 5.74) is -0.867. The molecule has 2 bridgehead atoms. The summed E-state index contributed by atoms with van der Waals surface area (Å²) in [5.74, 6) is -1.92. The molecule has 9 heteroatoms. The van der Waals surface area contributed by atoms with Crippen LogP contribution in [-0.2, 0) is 19.1 Å². The molecular formula is C29H37ClFN3O4. The highest BCUT2D eigenvalue weighted by Crippen LogP contribution is 2.55. The van der Waals surface area contributed by atoms with Crippen LogP contribution in [0.1, 0.15) is 53.4 Å². The standard InChI is InChI=1S/C29H37ClFN3O4/c1-15(2)11-13-34-25(27(36)33-21-7-5-6-16(3)17(21)4)29-12-10-22(38-29)23(24(29)28(34)37)26(35)32-18-8-9-20(31)19(30)14-18/h8-10,12,14-17,21-25H,5-7,11,13H2,1-4H3,(H,32,35)(H,33,36)/t16-,17+,21-,22-,23-,24-,25+,29+/m1/s1. The van der Waals surface area contributed by atoms with Gasteiger partial charge in [-0.25, -0.2) is 4.39 Å². The van der Waals surface area contributed by atoms with Gasteiger partial charge in [0.1, 0.15) is 17.5 Å². The maximum atomic E-state index is 14.0. The number of fused-ring (bicyclic) bond motifs is 1. The van der Waals surface area contributed by atoms with Gasteiger partial charge in [0.05, 0.1) is 23.0 Å². The van der Waals surface area contributed by atoms with Crippen LogP contribution in [0.15, 0.2) is 30.4 Å². The molecule has 206 valence electrons. The van der Waals surface area contributed by atoms with E-state index in [2.05, 4.69) is 38.3 Å². The van der Waals surface area contributed by atoms with Crippen LogP contribution in [0.4, 0.5) is 10.1 Å². The normalized spacial score (nSPS) is 35.6. The van der Waals surface area contributed by atoms with Gasteiger partial charge in [0.15, 0.2) is 0 Å². The molecule has 1 spiro atoms. The van der Waals surface area contributed by atoms with Crippen LogP contribution in [-0.4, -0.2) is 53.0 Å². The van der Waals surface area contributed by atoms with E-state index in [9.17, 15) is 18.8 Å². The van der Waals surface area contributed by atoms with Gasteiger partial charge in [-0.05, 0) is 48.8 Å². The van der Waals surface area contributed by atoms with Gasteiger partial charge < -0.3 is 20.3 Å². The maximum absolute atomic E-state index is 14.0. The van der Waals surface area contributed by atoms with Crippen molar-refractivity contribution in [2.75, 3.05) is 11.9 Å². The molecule has 3 heterocycles. The lowest BCUT2D eigenvalue weighted by Gasteiger charge is -2.38. The first kappa shape index (κ1) is 27.1. The summed E-state index contributed by atoms with van der Waals surface area (Å²) in [7, 11) is 0. The molecular weight excluding hydrogens is 509 g/mol. The Morgan fingerprint density at radius 3 is 2.71 bits per heavy atom. The predicted molar refractivity (Wildman–Crippen MR) is 143 cm³/mol. The van der Waals surface area contributed by atoms with Crippen molar-refractivity contribution in [1.82, 2.24) is 10.2 Å². The van der Waals surface area contributed by atoms with Crippen LogP contribution in [0.3, 0.4) is 0 Å². The summed E-state index contributed by atoms with van der Waals surface area (Å²) in [5, 5.41) is 5.94. The molecule has 0 aromatic heterocycles. The SMILES string of the molecule is CC(C)CCN1C(=O)[C@H]2[C@H](C(=O)Nc3ccc(F)c(Cl)c3)[C@H]3C=C[C@@]2(O3)[C@@H]1C(=O)N[C@@H]1CCC[C@@H](C)[C@@H]1C. The minimum Gasteiger partial charge on any atom is -0.359 e. The Hall–Kier alpha value is -2.45. The highest BCUT2D eigenvalue weighted by atomic mass is 35.5. The number of nitrogens with one attached hydrogen (secondary N) is 2. The first-order chi connectivity index (χ1) is 18.0. The molecule has 7 nitrogen and oxygen atoms in total. The summed E-state index contributed by atoms with van der Waals surface area (Å²) >= 11 is 5.90. The molecule has 3 amide bonds. The monoisotopic (exact) mass is 545 g/mol. The molecule has 4 aliphatic rings. The average Bonchev–Trinajstić information content (AvgIpc) is 3.50. The lowest BCUT2D eigenvalue weighted by molar-refractivity contribution is -0.141. The Kier molecular flexibility index (Phi) is 7.33. The van der Waals surface area contributed by atoms with Crippen LogP contribution < -0.4 is 10.6 Å². The lowest BCUT2D eigenvalue weighted by atomic mass is 9.73. The van der Waals surface area contributed by atoms with Gasteiger partial charge in [-0.15, -0.1) is 0 Å².